The number of nitrogens with zero attached hydrogens (tertiary/aromatic N) is 4. The number of likely N-dealkylation sites (N-methyl/N-ethyl adjacent to an activating group) is 1. The summed E-state index contributed by atoms with van der Waals surface area (Å²) >= 11 is 1.53. The molecule has 0 spiro atoms. The lowest BCUT2D eigenvalue weighted by Gasteiger charge is -2.18. The zero-order chi connectivity index (χ0) is 24.1. The van der Waals surface area contributed by atoms with E-state index in [9.17, 15) is 14.7 Å². The van der Waals surface area contributed by atoms with Crippen LogP contribution in [0.2, 0.25) is 0 Å². The van der Waals surface area contributed by atoms with Gasteiger partial charge < -0.3 is 25.5 Å². The highest BCUT2D eigenvalue weighted by Crippen LogP contribution is 2.40. The van der Waals surface area contributed by atoms with Crippen LogP contribution < -0.4 is 10.6 Å². The third-order valence-electron chi connectivity index (χ3n) is 5.60. The average Bonchev–Trinajstić information content (AvgIpc) is 3.39. The Kier molecular flexibility index (Phi) is 7.51. The summed E-state index contributed by atoms with van der Waals surface area (Å²) < 4.78 is 0. The number of benzene rings is 1. The molecule has 0 radical (unpaired) electrons. The molecule has 1 aliphatic heterocycles. The second-order valence-electron chi connectivity index (χ2n) is 8.32. The minimum atomic E-state index is -0.317. The number of aliphatic hydroxyl groups is 1. The van der Waals surface area contributed by atoms with Crippen molar-refractivity contribution in [2.45, 2.75) is 19.1 Å². The van der Waals surface area contributed by atoms with E-state index in [-0.39, 0.29) is 24.5 Å². The van der Waals surface area contributed by atoms with Gasteiger partial charge in [0.05, 0.1) is 24.6 Å². The fourth-order valence-corrected chi connectivity index (χ4v) is 4.98. The van der Waals surface area contributed by atoms with Crippen molar-refractivity contribution >= 4 is 39.2 Å². The lowest BCUT2D eigenvalue weighted by atomic mass is 10.1. The quantitative estimate of drug-likeness (QED) is 0.401. The molecule has 3 aromatic rings. The van der Waals surface area contributed by atoms with Crippen LogP contribution in [-0.2, 0) is 22.7 Å². The maximum atomic E-state index is 12.7. The Bertz CT molecular complexity index is 1190. The van der Waals surface area contributed by atoms with E-state index >= 15 is 0 Å². The molecule has 4 rings (SSSR count). The van der Waals surface area contributed by atoms with Crippen molar-refractivity contribution in [1.29, 1.82) is 0 Å². The standard InChI is InChI=1S/C24H28N6O3S/c1-29(2)11-10-25-20(32)8-9-21(33)30-12-17-19(13-30)34-24-22(17)23(26-15-27-24)28-18(14-31)16-6-4-3-5-7-16/h3-9,15,18,31H,10-14H2,1-2H3,(H,25,32)(H,26,27,28)/b9-8+/t18-/m1/s1. The average molecular weight is 481 g/mol. The topological polar surface area (TPSA) is 111 Å². The molecule has 0 saturated carbocycles. The van der Waals surface area contributed by atoms with E-state index < -0.39 is 0 Å². The summed E-state index contributed by atoms with van der Waals surface area (Å²) in [6, 6.07) is 9.37. The van der Waals surface area contributed by atoms with Crippen molar-refractivity contribution in [2.24, 2.45) is 0 Å². The molecule has 0 unspecified atom stereocenters. The Balaban J connectivity index is 1.47. The molecule has 0 fully saturated rings. The van der Waals surface area contributed by atoms with Crippen molar-refractivity contribution in [2.75, 3.05) is 39.1 Å². The summed E-state index contributed by atoms with van der Waals surface area (Å²) in [6.45, 7) is 2.03. The number of carbonyl (C=O) groups is 2. The highest BCUT2D eigenvalue weighted by Gasteiger charge is 2.29. The van der Waals surface area contributed by atoms with Gasteiger partial charge in [0.2, 0.25) is 11.8 Å². The van der Waals surface area contributed by atoms with Crippen LogP contribution in [0.1, 0.15) is 22.0 Å². The maximum Gasteiger partial charge on any atom is 0.247 e. The zero-order valence-electron chi connectivity index (χ0n) is 19.2. The van der Waals surface area contributed by atoms with Crippen molar-refractivity contribution < 1.29 is 14.7 Å². The summed E-state index contributed by atoms with van der Waals surface area (Å²) in [5.74, 6) is 0.129. The number of thiophene rings is 1. The van der Waals surface area contributed by atoms with Gasteiger partial charge in [-0.1, -0.05) is 30.3 Å². The Hall–Kier alpha value is -3.34. The number of hydrogen-bond acceptors (Lipinski definition) is 8. The Morgan fingerprint density at radius 2 is 2.00 bits per heavy atom. The summed E-state index contributed by atoms with van der Waals surface area (Å²) in [5.41, 5.74) is 1.96. The molecule has 1 atom stereocenters. The summed E-state index contributed by atoms with van der Waals surface area (Å²) in [7, 11) is 3.86. The number of fused-ring (bicyclic) bond motifs is 3. The van der Waals surface area contributed by atoms with Crippen molar-refractivity contribution in [3.05, 3.63) is 64.8 Å². The van der Waals surface area contributed by atoms with E-state index in [0.29, 0.717) is 25.5 Å². The van der Waals surface area contributed by atoms with Gasteiger partial charge in [0.15, 0.2) is 0 Å². The molecule has 178 valence electrons. The number of rotatable bonds is 9. The van der Waals surface area contributed by atoms with Crippen LogP contribution >= 0.6 is 11.3 Å². The highest BCUT2D eigenvalue weighted by molar-refractivity contribution is 7.19. The van der Waals surface area contributed by atoms with Gasteiger partial charge in [-0.2, -0.15) is 0 Å². The van der Waals surface area contributed by atoms with Gasteiger partial charge in [-0.3, -0.25) is 9.59 Å². The molecule has 2 aromatic heterocycles. The molecule has 3 heterocycles. The van der Waals surface area contributed by atoms with Gasteiger partial charge in [-0.05, 0) is 19.7 Å². The molecule has 9 nitrogen and oxygen atoms in total. The van der Waals surface area contributed by atoms with Crippen LogP contribution in [0.15, 0.2) is 48.8 Å². The molecule has 0 aliphatic carbocycles. The Morgan fingerprint density at radius 3 is 2.74 bits per heavy atom. The first-order valence-corrected chi connectivity index (χ1v) is 11.8. The summed E-state index contributed by atoms with van der Waals surface area (Å²) in [6.07, 6.45) is 4.11. The molecule has 0 bridgehead atoms. The number of aliphatic hydroxyl groups excluding tert-OH is 1. The lowest BCUT2D eigenvalue weighted by molar-refractivity contribution is -0.127. The first-order valence-electron chi connectivity index (χ1n) is 11.0. The molecule has 2 amide bonds. The normalized spacial score (nSPS) is 14.1. The third-order valence-corrected chi connectivity index (χ3v) is 6.72. The minimum absolute atomic E-state index is 0.0894. The number of carbonyl (C=O) groups excluding carboxylic acids is 2. The fourth-order valence-electron chi connectivity index (χ4n) is 3.82. The molecule has 1 aromatic carbocycles. The Labute approximate surface area is 202 Å². The second-order valence-corrected chi connectivity index (χ2v) is 9.40. The van der Waals surface area contributed by atoms with Gasteiger partial charge in [-0.25, -0.2) is 9.97 Å². The fraction of sp³-hybridized carbons (Fsp3) is 0.333. The predicted octanol–water partition coefficient (Wildman–Crippen LogP) is 1.91. The Morgan fingerprint density at radius 1 is 1.21 bits per heavy atom. The van der Waals surface area contributed by atoms with Gasteiger partial charge >= 0.3 is 0 Å². The van der Waals surface area contributed by atoms with Crippen molar-refractivity contribution in [3.8, 4) is 0 Å². The number of anilines is 1. The highest BCUT2D eigenvalue weighted by atomic mass is 32.1. The molecule has 10 heteroatoms. The van der Waals surface area contributed by atoms with Crippen LogP contribution in [0, 0.1) is 0 Å². The van der Waals surface area contributed by atoms with Gasteiger partial charge in [0.1, 0.15) is 17.0 Å². The molecular formula is C24H28N6O3S. The molecule has 34 heavy (non-hydrogen) atoms. The monoisotopic (exact) mass is 480 g/mol. The number of hydrogen-bond donors (Lipinski definition) is 3. The predicted molar refractivity (Wildman–Crippen MR) is 132 cm³/mol. The van der Waals surface area contributed by atoms with Crippen LogP contribution in [0.3, 0.4) is 0 Å². The van der Waals surface area contributed by atoms with E-state index in [1.165, 1.54) is 29.8 Å². The maximum absolute atomic E-state index is 12.7. The van der Waals surface area contributed by atoms with E-state index in [4.69, 9.17) is 0 Å². The van der Waals surface area contributed by atoms with Crippen LogP contribution in [0.25, 0.3) is 10.2 Å². The number of amides is 2. The summed E-state index contributed by atoms with van der Waals surface area (Å²) in [5, 5.41) is 16.9. The van der Waals surface area contributed by atoms with Gasteiger partial charge in [0.25, 0.3) is 0 Å². The summed E-state index contributed by atoms with van der Waals surface area (Å²) in [4.78, 5) is 39.1. The number of nitrogens with one attached hydrogen (secondary N) is 2. The minimum Gasteiger partial charge on any atom is -0.394 e. The smallest absolute Gasteiger partial charge is 0.247 e. The van der Waals surface area contributed by atoms with E-state index in [1.807, 2.05) is 49.3 Å². The second kappa shape index (κ2) is 10.7. The molecule has 1 aliphatic rings. The first-order chi connectivity index (χ1) is 16.5. The SMILES string of the molecule is CN(C)CCNC(=O)/C=C/C(=O)N1Cc2sc3ncnc(N[C@H](CO)c4ccccc4)c3c2C1. The van der Waals surface area contributed by atoms with Gasteiger partial charge in [0, 0.05) is 42.2 Å². The van der Waals surface area contributed by atoms with Crippen molar-refractivity contribution in [1.82, 2.24) is 25.1 Å². The van der Waals surface area contributed by atoms with E-state index in [2.05, 4.69) is 20.6 Å². The van der Waals surface area contributed by atoms with Crippen LogP contribution in [-0.4, -0.2) is 70.5 Å². The van der Waals surface area contributed by atoms with Crippen LogP contribution in [0.5, 0.6) is 0 Å². The van der Waals surface area contributed by atoms with Crippen molar-refractivity contribution in [3.63, 3.8) is 0 Å². The zero-order valence-corrected chi connectivity index (χ0v) is 20.0. The van der Waals surface area contributed by atoms with E-state index in [0.717, 1.165) is 32.8 Å². The lowest BCUT2D eigenvalue weighted by Crippen LogP contribution is -2.30. The molecular weight excluding hydrogens is 452 g/mol. The first kappa shape index (κ1) is 23.8. The largest absolute Gasteiger partial charge is 0.394 e. The molecule has 0 saturated heterocycles. The number of aromatic nitrogens is 2. The van der Waals surface area contributed by atoms with Gasteiger partial charge in [-0.15, -0.1) is 11.3 Å². The van der Waals surface area contributed by atoms with E-state index in [1.54, 1.807) is 4.90 Å². The van der Waals surface area contributed by atoms with Crippen LogP contribution in [0.4, 0.5) is 5.82 Å². The third kappa shape index (κ3) is 5.41. The molecule has 3 N–H and O–H groups in total.